The number of piperidine rings is 5. The number of likely N-dealkylation sites (tertiary alicyclic amines) is 1. The Morgan fingerprint density at radius 3 is 2.16 bits per heavy atom. The second kappa shape index (κ2) is 17.8. The van der Waals surface area contributed by atoms with E-state index in [1.54, 1.807) is 26.0 Å². The van der Waals surface area contributed by atoms with Gasteiger partial charge in [-0.3, -0.25) is 24.4 Å². The van der Waals surface area contributed by atoms with Crippen LogP contribution < -0.4 is 15.5 Å². The number of imide groups is 1. The molecular formula is C43H57F3N10O4S. The highest BCUT2D eigenvalue weighted by molar-refractivity contribution is 7.94. The molecule has 1 unspecified atom stereocenters. The highest BCUT2D eigenvalue weighted by atomic mass is 32.2. The standard InChI is InChI=1S/C43H57F3N10O4S/c1-41(2,60)28-54-27-31(25-48-54)37-35(43(44,45)46)26-47-40(51-37)49-32-11-19-56(20-12-32)61-55-17-9-30(10-18-55)39(59)53-23-15-42(16-24-53)13-21-52(22-14-42)33-5-3-29(4-6-33)34-7-8-36(57)50-38(34)58/h3-6,25-27,30,32,34,60H,7-24,28H2,1-2H3,(H,47,49,51)(H,50,57,58). The summed E-state index contributed by atoms with van der Waals surface area (Å²) in [4.78, 5) is 50.4. The number of anilines is 2. The van der Waals surface area contributed by atoms with Gasteiger partial charge >= 0.3 is 6.18 Å². The molecular weight excluding hydrogens is 810 g/mol. The van der Waals surface area contributed by atoms with E-state index in [9.17, 15) is 32.7 Å². The predicted octanol–water partition coefficient (Wildman–Crippen LogP) is 5.71. The van der Waals surface area contributed by atoms with Gasteiger partial charge in [0.05, 0.1) is 30.0 Å². The molecule has 5 saturated heterocycles. The molecule has 2 aromatic heterocycles. The summed E-state index contributed by atoms with van der Waals surface area (Å²) < 4.78 is 47.9. The average Bonchev–Trinajstić information content (AvgIpc) is 3.69. The SMILES string of the molecule is CC(C)(O)Cn1cc(-c2nc(NC3CCN(SN4CCC(C(=O)N5CCC6(CC5)CCN(c5ccc(C7CCC(=O)NC7=O)cc5)CC6)CC4)CC3)ncc2C(F)(F)F)cn1. The summed E-state index contributed by atoms with van der Waals surface area (Å²) in [7, 11) is 0. The third-order valence-electron chi connectivity index (χ3n) is 13.2. The lowest BCUT2D eigenvalue weighted by molar-refractivity contribution is -0.139. The van der Waals surface area contributed by atoms with Crippen LogP contribution in [0.3, 0.4) is 0 Å². The first-order chi connectivity index (χ1) is 29.1. The molecule has 330 valence electrons. The molecule has 5 aliphatic heterocycles. The Bertz CT molecular complexity index is 2030. The number of alkyl halides is 3. The number of amides is 3. The fraction of sp³-hybridized carbons (Fsp3) is 0.628. The molecule has 0 radical (unpaired) electrons. The molecule has 1 aromatic carbocycles. The highest BCUT2D eigenvalue weighted by Gasteiger charge is 2.41. The number of hydrogen-bond donors (Lipinski definition) is 3. The molecule has 3 aromatic rings. The Labute approximate surface area is 359 Å². The van der Waals surface area contributed by atoms with Gasteiger partial charge < -0.3 is 20.2 Å². The Kier molecular flexibility index (Phi) is 12.7. The van der Waals surface area contributed by atoms with E-state index >= 15 is 0 Å². The first kappa shape index (κ1) is 43.4. The van der Waals surface area contributed by atoms with Crippen molar-refractivity contribution in [3.8, 4) is 11.3 Å². The van der Waals surface area contributed by atoms with E-state index < -0.39 is 17.3 Å². The van der Waals surface area contributed by atoms with Gasteiger partial charge in [-0.1, -0.05) is 12.1 Å². The maximum Gasteiger partial charge on any atom is 0.419 e. The van der Waals surface area contributed by atoms with Crippen molar-refractivity contribution in [2.24, 2.45) is 11.3 Å². The van der Waals surface area contributed by atoms with Gasteiger partial charge in [-0.2, -0.15) is 18.3 Å². The summed E-state index contributed by atoms with van der Waals surface area (Å²) >= 11 is 1.73. The molecule has 14 nitrogen and oxygen atoms in total. The molecule has 8 rings (SSSR count). The number of nitrogens with one attached hydrogen (secondary N) is 2. The predicted molar refractivity (Wildman–Crippen MR) is 226 cm³/mol. The summed E-state index contributed by atoms with van der Waals surface area (Å²) in [6.07, 6.45) is 7.42. The first-order valence-electron chi connectivity index (χ1n) is 21.7. The van der Waals surface area contributed by atoms with Gasteiger partial charge in [0.1, 0.15) is 5.56 Å². The maximum atomic E-state index is 13.9. The van der Waals surface area contributed by atoms with E-state index in [1.165, 1.54) is 17.1 Å². The summed E-state index contributed by atoms with van der Waals surface area (Å²) in [5.74, 6) is -0.185. The van der Waals surface area contributed by atoms with Crippen molar-refractivity contribution in [1.29, 1.82) is 0 Å². The van der Waals surface area contributed by atoms with Gasteiger partial charge in [0.25, 0.3) is 0 Å². The van der Waals surface area contributed by atoms with Crippen LogP contribution in [0.2, 0.25) is 0 Å². The van der Waals surface area contributed by atoms with Crippen LogP contribution >= 0.6 is 12.1 Å². The van der Waals surface area contributed by atoms with Crippen LogP contribution in [-0.4, -0.2) is 120 Å². The zero-order valence-electron chi connectivity index (χ0n) is 35.0. The number of hydrogen-bond acceptors (Lipinski definition) is 12. The third-order valence-corrected chi connectivity index (χ3v) is 14.4. The Morgan fingerprint density at radius 1 is 0.902 bits per heavy atom. The van der Waals surface area contributed by atoms with Gasteiger partial charge in [0, 0.05) is 107 Å². The van der Waals surface area contributed by atoms with Gasteiger partial charge in [0.15, 0.2) is 0 Å². The lowest BCUT2D eigenvalue weighted by atomic mass is 9.71. The molecule has 5 fully saturated rings. The molecule has 0 bridgehead atoms. The fourth-order valence-corrected chi connectivity index (χ4v) is 10.7. The molecule has 1 spiro atoms. The first-order valence-corrected chi connectivity index (χ1v) is 22.4. The van der Waals surface area contributed by atoms with Crippen molar-refractivity contribution in [3.05, 3.63) is 54.0 Å². The van der Waals surface area contributed by atoms with Crippen LogP contribution in [0.4, 0.5) is 24.8 Å². The van der Waals surface area contributed by atoms with E-state index in [-0.39, 0.29) is 58.9 Å². The van der Waals surface area contributed by atoms with E-state index in [0.717, 1.165) is 121 Å². The van der Waals surface area contributed by atoms with Crippen LogP contribution in [0.15, 0.2) is 42.9 Å². The molecule has 3 N–H and O–H groups in total. The molecule has 18 heteroatoms. The number of nitrogens with zero attached hydrogens (tertiary/aromatic N) is 8. The monoisotopic (exact) mass is 866 g/mol. The van der Waals surface area contributed by atoms with Crippen molar-refractivity contribution < 1.29 is 32.7 Å². The zero-order chi connectivity index (χ0) is 42.9. The van der Waals surface area contributed by atoms with E-state index in [2.05, 4.69) is 56.2 Å². The molecule has 3 amide bonds. The van der Waals surface area contributed by atoms with Gasteiger partial charge in [-0.15, -0.1) is 0 Å². The van der Waals surface area contributed by atoms with Gasteiger partial charge in [-0.25, -0.2) is 18.6 Å². The summed E-state index contributed by atoms with van der Waals surface area (Å²) in [6, 6.07) is 8.26. The van der Waals surface area contributed by atoms with Crippen molar-refractivity contribution >= 4 is 41.5 Å². The summed E-state index contributed by atoms with van der Waals surface area (Å²) in [5, 5.41) is 20.0. The van der Waals surface area contributed by atoms with Gasteiger partial charge in [-0.05, 0) is 94.7 Å². The number of carbonyl (C=O) groups is 3. The minimum Gasteiger partial charge on any atom is -0.389 e. The smallest absolute Gasteiger partial charge is 0.389 e. The Balaban J connectivity index is 0.746. The van der Waals surface area contributed by atoms with E-state index in [1.807, 2.05) is 12.1 Å². The molecule has 5 aliphatic rings. The number of carbonyl (C=O) groups excluding carboxylic acids is 3. The molecule has 7 heterocycles. The average molecular weight is 867 g/mol. The van der Waals surface area contributed by atoms with Crippen molar-refractivity contribution in [2.45, 2.75) is 108 Å². The second-order valence-corrected chi connectivity index (χ2v) is 19.4. The topological polar surface area (TPSA) is 152 Å². The molecule has 0 saturated carbocycles. The molecule has 61 heavy (non-hydrogen) atoms. The van der Waals surface area contributed by atoms with Crippen LogP contribution in [0, 0.1) is 11.3 Å². The van der Waals surface area contributed by atoms with Crippen molar-refractivity contribution in [2.75, 3.05) is 62.6 Å². The van der Waals surface area contributed by atoms with Gasteiger partial charge in [0.2, 0.25) is 23.7 Å². The maximum absolute atomic E-state index is 13.9. The summed E-state index contributed by atoms with van der Waals surface area (Å²) in [6.45, 7) is 10.2. The Hall–Kier alpha value is -4.26. The van der Waals surface area contributed by atoms with Crippen LogP contribution in [0.25, 0.3) is 11.3 Å². The number of aliphatic hydroxyl groups is 1. The Morgan fingerprint density at radius 2 is 1.54 bits per heavy atom. The lowest BCUT2D eigenvalue weighted by Crippen LogP contribution is -2.50. The second-order valence-electron chi connectivity index (χ2n) is 18.2. The number of halogens is 3. The van der Waals surface area contributed by atoms with E-state index in [4.69, 9.17) is 0 Å². The van der Waals surface area contributed by atoms with Crippen LogP contribution in [-0.2, 0) is 27.1 Å². The molecule has 0 aliphatic carbocycles. The number of aromatic nitrogens is 4. The normalized spacial score (nSPS) is 22.8. The summed E-state index contributed by atoms with van der Waals surface area (Å²) in [5.41, 5.74) is 0.319. The number of benzene rings is 1. The number of rotatable bonds is 10. The largest absolute Gasteiger partial charge is 0.419 e. The van der Waals surface area contributed by atoms with Crippen molar-refractivity contribution in [3.63, 3.8) is 0 Å². The molecule has 1 atom stereocenters. The minimum absolute atomic E-state index is 0.00448. The van der Waals surface area contributed by atoms with Crippen LogP contribution in [0.1, 0.15) is 95.1 Å². The van der Waals surface area contributed by atoms with Crippen LogP contribution in [0.5, 0.6) is 0 Å². The lowest BCUT2D eigenvalue weighted by Gasteiger charge is -2.48. The van der Waals surface area contributed by atoms with Crippen molar-refractivity contribution in [1.82, 2.24) is 38.6 Å². The highest BCUT2D eigenvalue weighted by Crippen LogP contribution is 2.43. The zero-order valence-corrected chi connectivity index (χ0v) is 35.8. The fourth-order valence-electron chi connectivity index (χ4n) is 9.59. The minimum atomic E-state index is -4.64. The third kappa shape index (κ3) is 10.5. The van der Waals surface area contributed by atoms with E-state index in [0.29, 0.717) is 18.7 Å². The quantitative estimate of drug-likeness (QED) is 0.169.